The fraction of sp³-hybridized carbons (Fsp3) is 0.235. The van der Waals surface area contributed by atoms with E-state index in [0.29, 0.717) is 102 Å². The lowest BCUT2D eigenvalue weighted by atomic mass is 10.0. The quantitative estimate of drug-likeness (QED) is 0.0840. The topological polar surface area (TPSA) is 236 Å². The Hall–Kier alpha value is -11.2. The molecule has 0 unspecified atom stereocenters. The molecule has 7 aromatic carbocycles. The molecule has 108 heavy (non-hydrogen) atoms. The molecule has 6 aromatic heterocycles. The SMILES string of the molecule is N#Cc1cc(-c2ccnc3[nH]c(-c4ccc(N5CCOCC5)cc4)cc23)ccc1OCC1CC1.N#Cc1cc(-c2ccnc3c2cc(-c2ccc(N4CCOCC4)cc2)n3S(=O)(=O)c2ccccc2)ccc1OCC1CC1.O=S(=O)(c1ccccc1)n1c(-c2ccc(N3CCOCC3)cc2)cc2c(Br)ccnc21. The molecule has 0 bridgehead atoms. The number of aromatic amines is 1. The minimum Gasteiger partial charge on any atom is -0.492 e. The second-order valence-electron chi connectivity index (χ2n) is 27.2. The second kappa shape index (κ2) is 31.3. The zero-order valence-corrected chi connectivity index (χ0v) is 62.3. The number of aromatic nitrogens is 6. The van der Waals surface area contributed by atoms with Gasteiger partial charge in [-0.1, -0.05) is 84.9 Å². The Balaban J connectivity index is 0.000000126. The van der Waals surface area contributed by atoms with Crippen molar-refractivity contribution in [3.63, 3.8) is 0 Å². The first-order valence-corrected chi connectivity index (χ1v) is 39.9. The summed E-state index contributed by atoms with van der Waals surface area (Å²) in [5.41, 5.74) is 14.3. The highest BCUT2D eigenvalue weighted by Crippen LogP contribution is 2.42. The van der Waals surface area contributed by atoms with Crippen molar-refractivity contribution in [3.05, 3.63) is 240 Å². The first kappa shape index (κ1) is 71.1. The summed E-state index contributed by atoms with van der Waals surface area (Å²) in [6.45, 7) is 10.8. The normalized spacial score (nSPS) is 15.4. The fourth-order valence-corrected chi connectivity index (χ4v) is 17.3. The van der Waals surface area contributed by atoms with Gasteiger partial charge >= 0.3 is 0 Å². The van der Waals surface area contributed by atoms with Crippen molar-refractivity contribution in [2.45, 2.75) is 35.5 Å². The van der Waals surface area contributed by atoms with E-state index in [4.69, 9.17) is 23.7 Å². The maximum atomic E-state index is 14.2. The predicted octanol–water partition coefficient (Wildman–Crippen LogP) is 16.0. The molecular formula is C85H76BrN11O9S2. The van der Waals surface area contributed by atoms with Crippen LogP contribution in [0.3, 0.4) is 0 Å². The molecule has 9 heterocycles. The van der Waals surface area contributed by atoms with Gasteiger partial charge in [0.05, 0.1) is 85.2 Å². The van der Waals surface area contributed by atoms with Gasteiger partial charge in [0.25, 0.3) is 20.0 Å². The number of nitrogens with zero attached hydrogens (tertiary/aromatic N) is 10. The van der Waals surface area contributed by atoms with Crippen LogP contribution < -0.4 is 24.2 Å². The van der Waals surface area contributed by atoms with E-state index in [0.717, 1.165) is 142 Å². The summed E-state index contributed by atoms with van der Waals surface area (Å²) >= 11 is 3.54. The molecule has 544 valence electrons. The second-order valence-corrected chi connectivity index (χ2v) is 31.7. The highest BCUT2D eigenvalue weighted by molar-refractivity contribution is 9.10. The van der Waals surface area contributed by atoms with Gasteiger partial charge in [0, 0.05) is 101 Å². The van der Waals surface area contributed by atoms with Crippen LogP contribution in [0.25, 0.3) is 89.1 Å². The van der Waals surface area contributed by atoms with Gasteiger partial charge in [0.15, 0.2) is 11.3 Å². The molecular weight excluding hydrogens is 1460 g/mol. The van der Waals surface area contributed by atoms with Crippen molar-refractivity contribution in [2.24, 2.45) is 11.8 Å². The minimum absolute atomic E-state index is 0.176. The molecule has 3 aliphatic heterocycles. The standard InChI is InChI=1S/C34H30N4O4S.C28H26N4O2.C23H20BrN3O3S/c35-22-27-20-26(10-13-33(27)42-23-24-6-7-24)30-14-15-36-34-31(30)21-32(38(34)43(39,40)29-4-2-1-3-5-29)25-8-11-28(12-9-25)37-16-18-41-19-17-37;29-17-22-15-21(5-8-27(22)34-18-19-1-2-19)24-9-10-30-28-25(24)16-26(31-28)20-3-6-23(7-4-20)32-11-13-33-14-12-32;24-21-10-11-25-23-20(21)16-22(27(23)31(28,29)19-4-2-1-3-5-19)17-6-8-18(9-7-17)26-12-14-30-15-13-26/h1-5,8-15,20-21,24H,6-7,16-19,23H2;3-10,15-16,19H,1-2,11-14,18H2,(H,30,31);1-11,16H,12-15H2. The zero-order valence-electron chi connectivity index (χ0n) is 59.1. The monoisotopic (exact) mass is 1540 g/mol. The summed E-state index contributed by atoms with van der Waals surface area (Å²) in [6.07, 6.45) is 9.80. The average Bonchev–Trinajstić information content (AvgIpc) is 1.59. The molecule has 3 saturated heterocycles. The third kappa shape index (κ3) is 15.1. The summed E-state index contributed by atoms with van der Waals surface area (Å²) in [7, 11) is -7.85. The lowest BCUT2D eigenvalue weighted by molar-refractivity contribution is 0.122. The molecule has 0 spiro atoms. The van der Waals surface area contributed by atoms with Gasteiger partial charge < -0.3 is 43.4 Å². The summed E-state index contributed by atoms with van der Waals surface area (Å²) in [4.78, 5) is 24.3. The molecule has 0 radical (unpaired) electrons. The fourth-order valence-electron chi connectivity index (χ4n) is 13.9. The number of morpholine rings is 3. The Kier molecular flexibility index (Phi) is 20.6. The van der Waals surface area contributed by atoms with Crippen LogP contribution >= 0.6 is 15.9 Å². The van der Waals surface area contributed by atoms with Gasteiger partial charge in [-0.2, -0.15) is 10.5 Å². The van der Waals surface area contributed by atoms with Crippen molar-refractivity contribution >= 4 is 86.1 Å². The third-order valence-electron chi connectivity index (χ3n) is 20.2. The number of nitrogens with one attached hydrogen (secondary N) is 1. The van der Waals surface area contributed by atoms with E-state index < -0.39 is 20.0 Å². The molecule has 20 nitrogen and oxygen atoms in total. The number of rotatable bonds is 18. The Labute approximate surface area is 635 Å². The highest BCUT2D eigenvalue weighted by Gasteiger charge is 2.30. The lowest BCUT2D eigenvalue weighted by Crippen LogP contribution is -2.36. The maximum Gasteiger partial charge on any atom is 0.269 e. The molecule has 18 rings (SSSR count). The molecule has 13 aromatic rings. The van der Waals surface area contributed by atoms with Crippen LogP contribution in [0, 0.1) is 34.5 Å². The first-order chi connectivity index (χ1) is 52.9. The van der Waals surface area contributed by atoms with Crippen LogP contribution in [0.15, 0.2) is 239 Å². The van der Waals surface area contributed by atoms with E-state index in [1.54, 1.807) is 79.1 Å². The zero-order chi connectivity index (χ0) is 73.7. The van der Waals surface area contributed by atoms with E-state index in [1.807, 2.05) is 115 Å². The first-order valence-electron chi connectivity index (χ1n) is 36.3. The number of pyridine rings is 3. The number of anilines is 3. The number of fused-ring (bicyclic) bond motifs is 3. The van der Waals surface area contributed by atoms with E-state index >= 15 is 0 Å². The number of hydrogen-bond acceptors (Lipinski definition) is 17. The molecule has 5 aliphatic rings. The molecule has 23 heteroatoms. The van der Waals surface area contributed by atoms with E-state index in [2.05, 4.69) is 93.0 Å². The Morgan fingerprint density at radius 2 is 0.824 bits per heavy atom. The lowest BCUT2D eigenvalue weighted by Gasteiger charge is -2.28. The number of benzene rings is 7. The van der Waals surface area contributed by atoms with Crippen LogP contribution in [-0.2, 0) is 34.3 Å². The van der Waals surface area contributed by atoms with Gasteiger partial charge in [0.2, 0.25) is 0 Å². The highest BCUT2D eigenvalue weighted by atomic mass is 79.9. The summed E-state index contributed by atoms with van der Waals surface area (Å²) in [5.74, 6) is 2.44. The number of halogens is 1. The van der Waals surface area contributed by atoms with E-state index in [1.165, 1.54) is 26.5 Å². The van der Waals surface area contributed by atoms with Crippen LogP contribution in [0.2, 0.25) is 0 Å². The Bertz CT molecular complexity index is 5750. The predicted molar refractivity (Wildman–Crippen MR) is 423 cm³/mol. The number of ether oxygens (including phenoxy) is 5. The number of hydrogen-bond donors (Lipinski definition) is 1. The average molecular weight is 1540 g/mol. The summed E-state index contributed by atoms with van der Waals surface area (Å²) in [5, 5.41) is 22.0. The van der Waals surface area contributed by atoms with Gasteiger partial charge in [0.1, 0.15) is 29.3 Å². The van der Waals surface area contributed by atoms with Crippen LogP contribution in [0.5, 0.6) is 11.5 Å². The van der Waals surface area contributed by atoms with Crippen molar-refractivity contribution in [1.29, 1.82) is 10.5 Å². The van der Waals surface area contributed by atoms with Crippen molar-refractivity contribution in [3.8, 4) is 79.7 Å². The molecule has 0 amide bonds. The molecule has 1 N–H and O–H groups in total. The van der Waals surface area contributed by atoms with Crippen molar-refractivity contribution < 1.29 is 40.5 Å². The van der Waals surface area contributed by atoms with Gasteiger partial charge in [-0.05, 0) is 214 Å². The number of nitriles is 2. The van der Waals surface area contributed by atoms with Crippen LogP contribution in [-0.4, -0.2) is 137 Å². The van der Waals surface area contributed by atoms with Gasteiger partial charge in [-0.15, -0.1) is 0 Å². The molecule has 5 fully saturated rings. The largest absolute Gasteiger partial charge is 0.492 e. The Morgan fingerprint density at radius 3 is 1.26 bits per heavy atom. The van der Waals surface area contributed by atoms with E-state index in [9.17, 15) is 27.4 Å². The van der Waals surface area contributed by atoms with Gasteiger partial charge in [-0.3, -0.25) is 0 Å². The molecule has 2 aliphatic carbocycles. The molecule has 2 saturated carbocycles. The Morgan fingerprint density at radius 1 is 0.435 bits per heavy atom. The van der Waals surface area contributed by atoms with Crippen molar-refractivity contribution in [2.75, 3.05) is 107 Å². The minimum atomic E-state index is -4.00. The summed E-state index contributed by atoms with van der Waals surface area (Å²) < 4.78 is 87.3. The number of H-pyrrole nitrogens is 1. The van der Waals surface area contributed by atoms with Crippen LogP contribution in [0.4, 0.5) is 17.1 Å². The molecule has 0 atom stereocenters. The van der Waals surface area contributed by atoms with Crippen molar-refractivity contribution in [1.82, 2.24) is 27.9 Å². The van der Waals surface area contributed by atoms with E-state index in [-0.39, 0.29) is 9.79 Å². The third-order valence-corrected chi connectivity index (χ3v) is 24.3. The van der Waals surface area contributed by atoms with Crippen LogP contribution in [0.1, 0.15) is 36.8 Å². The van der Waals surface area contributed by atoms with Gasteiger partial charge in [-0.25, -0.2) is 39.7 Å². The smallest absolute Gasteiger partial charge is 0.269 e. The summed E-state index contributed by atoms with van der Waals surface area (Å²) in [6, 6.07) is 68.9. The maximum absolute atomic E-state index is 14.2.